The maximum atomic E-state index is 5.43. The molecule has 1 fully saturated rings. The summed E-state index contributed by atoms with van der Waals surface area (Å²) in [5, 5.41) is 7.47. The minimum Gasteiger partial charge on any atom is -0.339 e. The van der Waals surface area contributed by atoms with E-state index in [-0.39, 0.29) is 0 Å². The van der Waals surface area contributed by atoms with E-state index in [2.05, 4.69) is 46.6 Å². The van der Waals surface area contributed by atoms with Gasteiger partial charge in [-0.25, -0.2) is 0 Å². The fraction of sp³-hybridized carbons (Fsp3) is 0.467. The molecule has 0 spiro atoms. The SMILES string of the molecule is Cc1ccccc1Cc1noc(C2CCNCC2)n1. The molecule has 1 N–H and O–H groups in total. The zero-order valence-corrected chi connectivity index (χ0v) is 11.2. The van der Waals surface area contributed by atoms with Crippen molar-refractivity contribution in [2.45, 2.75) is 32.1 Å². The van der Waals surface area contributed by atoms with Gasteiger partial charge in [0.2, 0.25) is 5.89 Å². The molecule has 4 nitrogen and oxygen atoms in total. The molecule has 1 aliphatic rings. The van der Waals surface area contributed by atoms with Crippen LogP contribution in [0.25, 0.3) is 0 Å². The van der Waals surface area contributed by atoms with E-state index in [0.29, 0.717) is 5.92 Å². The summed E-state index contributed by atoms with van der Waals surface area (Å²) in [6.45, 7) is 4.20. The molecule has 1 aromatic carbocycles. The summed E-state index contributed by atoms with van der Waals surface area (Å²) >= 11 is 0. The fourth-order valence-corrected chi connectivity index (χ4v) is 2.55. The van der Waals surface area contributed by atoms with Crippen molar-refractivity contribution in [3.8, 4) is 0 Å². The molecule has 1 saturated heterocycles. The molecule has 1 aliphatic heterocycles. The van der Waals surface area contributed by atoms with E-state index >= 15 is 0 Å². The van der Waals surface area contributed by atoms with Gasteiger partial charge in [0.25, 0.3) is 0 Å². The maximum Gasteiger partial charge on any atom is 0.229 e. The standard InChI is InChI=1S/C15H19N3O/c1-11-4-2-3-5-13(11)10-14-17-15(19-18-14)12-6-8-16-9-7-12/h2-5,12,16H,6-10H2,1H3. The molecule has 0 atom stereocenters. The highest BCUT2D eigenvalue weighted by molar-refractivity contribution is 5.28. The Morgan fingerprint density at radius 2 is 2.05 bits per heavy atom. The second kappa shape index (κ2) is 5.53. The predicted octanol–water partition coefficient (Wildman–Crippen LogP) is 2.44. The highest BCUT2D eigenvalue weighted by Crippen LogP contribution is 2.24. The van der Waals surface area contributed by atoms with E-state index in [1.54, 1.807) is 0 Å². The molecule has 0 radical (unpaired) electrons. The number of nitrogens with zero attached hydrogens (tertiary/aromatic N) is 2. The van der Waals surface area contributed by atoms with Gasteiger partial charge in [-0.1, -0.05) is 29.4 Å². The summed E-state index contributed by atoms with van der Waals surface area (Å²) in [6.07, 6.45) is 2.93. The summed E-state index contributed by atoms with van der Waals surface area (Å²) in [5.41, 5.74) is 2.54. The number of hydrogen-bond acceptors (Lipinski definition) is 4. The molecule has 19 heavy (non-hydrogen) atoms. The first-order valence-electron chi connectivity index (χ1n) is 6.90. The number of benzene rings is 1. The average molecular weight is 257 g/mol. The van der Waals surface area contributed by atoms with E-state index in [9.17, 15) is 0 Å². The summed E-state index contributed by atoms with van der Waals surface area (Å²) in [6, 6.07) is 8.34. The molecule has 100 valence electrons. The summed E-state index contributed by atoms with van der Waals surface area (Å²) in [4.78, 5) is 4.56. The molecule has 4 heteroatoms. The Bertz CT molecular complexity index is 544. The zero-order chi connectivity index (χ0) is 13.1. The van der Waals surface area contributed by atoms with Crippen molar-refractivity contribution in [2.24, 2.45) is 0 Å². The monoisotopic (exact) mass is 257 g/mol. The number of aromatic nitrogens is 2. The van der Waals surface area contributed by atoms with Crippen LogP contribution in [0.2, 0.25) is 0 Å². The van der Waals surface area contributed by atoms with Crippen molar-refractivity contribution in [3.63, 3.8) is 0 Å². The third-order valence-corrected chi connectivity index (χ3v) is 3.78. The largest absolute Gasteiger partial charge is 0.339 e. The van der Waals surface area contributed by atoms with Crippen molar-refractivity contribution in [2.75, 3.05) is 13.1 Å². The van der Waals surface area contributed by atoms with E-state index in [1.165, 1.54) is 11.1 Å². The second-order valence-corrected chi connectivity index (χ2v) is 5.18. The van der Waals surface area contributed by atoms with Gasteiger partial charge in [-0.3, -0.25) is 0 Å². The van der Waals surface area contributed by atoms with Crippen LogP contribution in [0.4, 0.5) is 0 Å². The molecule has 0 aliphatic carbocycles. The highest BCUT2D eigenvalue weighted by atomic mass is 16.5. The minimum atomic E-state index is 0.430. The quantitative estimate of drug-likeness (QED) is 0.917. The van der Waals surface area contributed by atoms with Crippen LogP contribution in [-0.4, -0.2) is 23.2 Å². The molecule has 2 aromatic rings. The van der Waals surface area contributed by atoms with E-state index in [0.717, 1.165) is 44.1 Å². The van der Waals surface area contributed by atoms with Gasteiger partial charge in [-0.2, -0.15) is 4.98 Å². The molecule has 0 unspecified atom stereocenters. The van der Waals surface area contributed by atoms with Crippen molar-refractivity contribution < 1.29 is 4.52 Å². The minimum absolute atomic E-state index is 0.430. The van der Waals surface area contributed by atoms with Gasteiger partial charge in [-0.15, -0.1) is 0 Å². The number of rotatable bonds is 3. The Hall–Kier alpha value is -1.68. The zero-order valence-electron chi connectivity index (χ0n) is 11.2. The molecule has 0 saturated carbocycles. The Morgan fingerprint density at radius 3 is 2.84 bits per heavy atom. The van der Waals surface area contributed by atoms with Gasteiger partial charge in [0.05, 0.1) is 0 Å². The van der Waals surface area contributed by atoms with E-state index in [1.807, 2.05) is 0 Å². The molecule has 3 rings (SSSR count). The normalized spacial score (nSPS) is 16.7. The third-order valence-electron chi connectivity index (χ3n) is 3.78. The lowest BCUT2D eigenvalue weighted by Gasteiger charge is -2.18. The number of piperidine rings is 1. The van der Waals surface area contributed by atoms with Crippen LogP contribution in [0, 0.1) is 6.92 Å². The lowest BCUT2D eigenvalue weighted by atomic mass is 9.98. The molecule has 0 bridgehead atoms. The summed E-state index contributed by atoms with van der Waals surface area (Å²) in [7, 11) is 0. The van der Waals surface area contributed by atoms with Gasteiger partial charge in [0, 0.05) is 12.3 Å². The van der Waals surface area contributed by atoms with Gasteiger partial charge in [0.15, 0.2) is 5.82 Å². The number of hydrogen-bond donors (Lipinski definition) is 1. The van der Waals surface area contributed by atoms with Crippen molar-refractivity contribution >= 4 is 0 Å². The number of aryl methyl sites for hydroxylation is 1. The lowest BCUT2D eigenvalue weighted by Crippen LogP contribution is -2.26. The van der Waals surface area contributed by atoms with Crippen LogP contribution >= 0.6 is 0 Å². The van der Waals surface area contributed by atoms with Crippen LogP contribution in [-0.2, 0) is 6.42 Å². The Morgan fingerprint density at radius 1 is 1.26 bits per heavy atom. The Labute approximate surface area is 113 Å². The maximum absolute atomic E-state index is 5.43. The van der Waals surface area contributed by atoms with Gasteiger partial charge < -0.3 is 9.84 Å². The topological polar surface area (TPSA) is 51.0 Å². The fourth-order valence-electron chi connectivity index (χ4n) is 2.55. The lowest BCUT2D eigenvalue weighted by molar-refractivity contribution is 0.318. The van der Waals surface area contributed by atoms with E-state index < -0.39 is 0 Å². The first-order valence-corrected chi connectivity index (χ1v) is 6.90. The van der Waals surface area contributed by atoms with E-state index in [4.69, 9.17) is 4.52 Å². The smallest absolute Gasteiger partial charge is 0.229 e. The van der Waals surface area contributed by atoms with Gasteiger partial charge in [-0.05, 0) is 44.0 Å². The van der Waals surface area contributed by atoms with Crippen LogP contribution in [0.5, 0.6) is 0 Å². The number of nitrogens with one attached hydrogen (secondary N) is 1. The van der Waals surface area contributed by atoms with Crippen molar-refractivity contribution in [1.82, 2.24) is 15.5 Å². The average Bonchev–Trinajstić information content (AvgIpc) is 2.91. The molecule has 2 heterocycles. The van der Waals surface area contributed by atoms with Crippen LogP contribution in [0.15, 0.2) is 28.8 Å². The highest BCUT2D eigenvalue weighted by Gasteiger charge is 2.21. The third kappa shape index (κ3) is 2.84. The molecular weight excluding hydrogens is 238 g/mol. The molecular formula is C15H19N3O. The Kier molecular flexibility index (Phi) is 3.60. The van der Waals surface area contributed by atoms with Crippen LogP contribution < -0.4 is 5.32 Å². The Balaban J connectivity index is 1.73. The van der Waals surface area contributed by atoms with Crippen LogP contribution in [0.1, 0.15) is 41.6 Å². The second-order valence-electron chi connectivity index (χ2n) is 5.18. The summed E-state index contributed by atoms with van der Waals surface area (Å²) < 4.78 is 5.43. The van der Waals surface area contributed by atoms with Gasteiger partial charge >= 0.3 is 0 Å². The molecule has 1 aromatic heterocycles. The van der Waals surface area contributed by atoms with Crippen molar-refractivity contribution in [3.05, 3.63) is 47.1 Å². The van der Waals surface area contributed by atoms with Crippen molar-refractivity contribution in [1.29, 1.82) is 0 Å². The van der Waals surface area contributed by atoms with Crippen LogP contribution in [0.3, 0.4) is 0 Å². The molecule has 0 amide bonds. The summed E-state index contributed by atoms with van der Waals surface area (Å²) in [5.74, 6) is 2.03. The van der Waals surface area contributed by atoms with Gasteiger partial charge in [0.1, 0.15) is 0 Å². The first-order chi connectivity index (χ1) is 9.33. The predicted molar refractivity (Wildman–Crippen MR) is 73.1 cm³/mol. The first kappa shape index (κ1) is 12.4.